The molecule has 3 fully saturated rings. The molecule has 0 unspecified atom stereocenters. The molecule has 4 heterocycles. The standard InChI is InChI=1S/C36H38F5N5O5/c1-3-24-28(38)8-5-20-11-23(51-19-49-2)12-27(29(20)24)25-6-7-26-31(30(25)39)43-33(50-18-35-9-4-10-46(35)15-21(37)13-35)44-32(26)45-16-22(42-34(47)48)14-36(40,41)17-45/h5-8,11-12,21-22,42H,3-4,9-10,13-19H2,1-2H3,(H,47,48)/t21-,22-,35+/m1/s1. The second-order valence-corrected chi connectivity index (χ2v) is 13.6. The molecule has 51 heavy (non-hydrogen) atoms. The van der Waals surface area contributed by atoms with Gasteiger partial charge in [0.05, 0.1) is 18.1 Å². The van der Waals surface area contributed by atoms with E-state index in [4.69, 9.17) is 14.2 Å². The Balaban J connectivity index is 1.39. The van der Waals surface area contributed by atoms with Crippen molar-refractivity contribution in [3.8, 4) is 22.9 Å². The molecule has 1 aromatic heterocycles. The number of rotatable bonds is 10. The number of amides is 1. The van der Waals surface area contributed by atoms with Crippen molar-refractivity contribution in [2.45, 2.75) is 62.7 Å². The van der Waals surface area contributed by atoms with Crippen LogP contribution < -0.4 is 19.7 Å². The maximum atomic E-state index is 17.1. The molecule has 0 aliphatic carbocycles. The van der Waals surface area contributed by atoms with Gasteiger partial charge in [-0.1, -0.05) is 19.1 Å². The van der Waals surface area contributed by atoms with Crippen LogP contribution in [0.15, 0.2) is 36.4 Å². The highest BCUT2D eigenvalue weighted by Crippen LogP contribution is 2.43. The number of aromatic nitrogens is 2. The summed E-state index contributed by atoms with van der Waals surface area (Å²) in [7, 11) is 1.46. The Kier molecular flexibility index (Phi) is 9.29. The molecule has 3 aliphatic rings. The fourth-order valence-corrected chi connectivity index (χ4v) is 8.08. The van der Waals surface area contributed by atoms with E-state index < -0.39 is 54.4 Å². The molecule has 1 amide bonds. The van der Waals surface area contributed by atoms with Crippen LogP contribution in [0.25, 0.3) is 32.8 Å². The highest BCUT2D eigenvalue weighted by Gasteiger charge is 2.49. The van der Waals surface area contributed by atoms with Crippen LogP contribution in [0.3, 0.4) is 0 Å². The number of nitrogens with zero attached hydrogens (tertiary/aromatic N) is 4. The minimum atomic E-state index is -3.31. The maximum Gasteiger partial charge on any atom is 0.404 e. The zero-order valence-corrected chi connectivity index (χ0v) is 28.2. The van der Waals surface area contributed by atoms with Crippen LogP contribution in [-0.2, 0) is 11.2 Å². The number of ether oxygens (including phenoxy) is 3. The molecule has 2 N–H and O–H groups in total. The summed E-state index contributed by atoms with van der Waals surface area (Å²) in [4.78, 5) is 23.6. The molecule has 7 rings (SSSR count). The van der Waals surface area contributed by atoms with Crippen LogP contribution in [0, 0.1) is 11.6 Å². The van der Waals surface area contributed by atoms with E-state index in [9.17, 15) is 14.3 Å². The topological polar surface area (TPSA) is 109 Å². The Bertz CT molecular complexity index is 1980. The van der Waals surface area contributed by atoms with Gasteiger partial charge in [-0.2, -0.15) is 9.97 Å². The van der Waals surface area contributed by atoms with Crippen LogP contribution in [-0.4, -0.2) is 96.4 Å². The predicted octanol–water partition coefficient (Wildman–Crippen LogP) is 6.71. The molecular formula is C36H38F5N5O5. The van der Waals surface area contributed by atoms with E-state index in [-0.39, 0.29) is 61.2 Å². The fraction of sp³-hybridized carbons (Fsp3) is 0.472. The van der Waals surface area contributed by atoms with Gasteiger partial charge in [0, 0.05) is 44.0 Å². The lowest BCUT2D eigenvalue weighted by Gasteiger charge is -2.38. The first-order valence-corrected chi connectivity index (χ1v) is 16.9. The molecule has 15 heteroatoms. The number of nitrogens with one attached hydrogen (secondary N) is 1. The lowest BCUT2D eigenvalue weighted by molar-refractivity contribution is -0.0208. The largest absolute Gasteiger partial charge is 0.468 e. The van der Waals surface area contributed by atoms with E-state index in [1.54, 1.807) is 25.1 Å². The highest BCUT2D eigenvalue weighted by atomic mass is 19.3. The second-order valence-electron chi connectivity index (χ2n) is 13.6. The number of carboxylic acid groups (broad SMARTS) is 1. The van der Waals surface area contributed by atoms with Gasteiger partial charge in [0.15, 0.2) is 12.6 Å². The van der Waals surface area contributed by atoms with Crippen molar-refractivity contribution in [2.75, 3.05) is 51.6 Å². The number of anilines is 1. The number of methoxy groups -OCH3 is 1. The van der Waals surface area contributed by atoms with E-state index in [0.717, 1.165) is 6.42 Å². The van der Waals surface area contributed by atoms with Crippen molar-refractivity contribution in [3.63, 3.8) is 0 Å². The van der Waals surface area contributed by atoms with Gasteiger partial charge in [-0.15, -0.1) is 0 Å². The van der Waals surface area contributed by atoms with Gasteiger partial charge in [0.1, 0.15) is 35.7 Å². The number of aryl methyl sites for hydroxylation is 1. The minimum absolute atomic E-state index is 0.00168. The molecule has 3 aliphatic heterocycles. The first kappa shape index (κ1) is 34.9. The van der Waals surface area contributed by atoms with E-state index in [1.165, 1.54) is 30.2 Å². The Morgan fingerprint density at radius 2 is 1.90 bits per heavy atom. The van der Waals surface area contributed by atoms with Gasteiger partial charge >= 0.3 is 12.1 Å². The average Bonchev–Trinajstić information content (AvgIpc) is 3.60. The van der Waals surface area contributed by atoms with E-state index in [0.29, 0.717) is 47.0 Å². The van der Waals surface area contributed by atoms with Crippen LogP contribution in [0.4, 0.5) is 32.6 Å². The fourth-order valence-electron chi connectivity index (χ4n) is 8.08. The summed E-state index contributed by atoms with van der Waals surface area (Å²) in [5, 5.41) is 12.6. The van der Waals surface area contributed by atoms with Gasteiger partial charge in [-0.25, -0.2) is 26.7 Å². The van der Waals surface area contributed by atoms with Crippen molar-refractivity contribution in [1.82, 2.24) is 20.2 Å². The molecular weight excluding hydrogens is 677 g/mol. The second kappa shape index (κ2) is 13.6. The lowest BCUT2D eigenvalue weighted by atomic mass is 9.92. The summed E-state index contributed by atoms with van der Waals surface area (Å²) < 4.78 is 93.9. The number of hydrogen-bond donors (Lipinski definition) is 2. The van der Waals surface area contributed by atoms with Gasteiger partial charge in [-0.3, -0.25) is 4.90 Å². The molecule has 3 saturated heterocycles. The molecule has 0 bridgehead atoms. The Hall–Kier alpha value is -4.50. The van der Waals surface area contributed by atoms with Gasteiger partial charge in [0.2, 0.25) is 0 Å². The maximum absolute atomic E-state index is 17.1. The number of alkyl halides is 3. The van der Waals surface area contributed by atoms with Gasteiger partial charge in [0.25, 0.3) is 5.92 Å². The number of benzene rings is 3. The zero-order chi connectivity index (χ0) is 36.1. The number of hydrogen-bond acceptors (Lipinski definition) is 8. The highest BCUT2D eigenvalue weighted by molar-refractivity contribution is 6.03. The average molecular weight is 716 g/mol. The van der Waals surface area contributed by atoms with E-state index >= 15 is 17.6 Å². The Morgan fingerprint density at radius 3 is 2.67 bits per heavy atom. The smallest absolute Gasteiger partial charge is 0.404 e. The van der Waals surface area contributed by atoms with Crippen molar-refractivity contribution in [3.05, 3.63) is 53.6 Å². The van der Waals surface area contributed by atoms with Crippen molar-refractivity contribution < 1.29 is 46.1 Å². The molecule has 0 radical (unpaired) electrons. The quantitative estimate of drug-likeness (QED) is 0.137. The monoisotopic (exact) mass is 715 g/mol. The summed E-state index contributed by atoms with van der Waals surface area (Å²) in [5.74, 6) is -4.35. The first-order chi connectivity index (χ1) is 24.4. The van der Waals surface area contributed by atoms with Crippen molar-refractivity contribution >= 4 is 33.6 Å². The molecule has 0 spiro atoms. The summed E-state index contributed by atoms with van der Waals surface area (Å²) in [6.07, 6.45) is -1.14. The SMILES string of the molecule is CCc1c(F)ccc2cc(OCOC)cc(-c3ccc4c(N5C[C@H](NC(=O)O)CC(F)(F)C5)nc(OC[C@@]56CCCN5C[C@H](F)C6)nc4c3F)c12. The minimum Gasteiger partial charge on any atom is -0.468 e. The zero-order valence-electron chi connectivity index (χ0n) is 28.2. The van der Waals surface area contributed by atoms with Crippen LogP contribution in [0.5, 0.6) is 11.8 Å². The molecule has 3 atom stereocenters. The first-order valence-electron chi connectivity index (χ1n) is 16.9. The number of carbonyl (C=O) groups is 1. The molecule has 4 aromatic rings. The normalized spacial score (nSPS) is 23.2. The molecule has 3 aromatic carbocycles. The third-order valence-corrected chi connectivity index (χ3v) is 10.2. The summed E-state index contributed by atoms with van der Waals surface area (Å²) >= 11 is 0. The number of piperidine rings is 1. The number of halogens is 5. The summed E-state index contributed by atoms with van der Waals surface area (Å²) in [6.45, 7) is 1.68. The van der Waals surface area contributed by atoms with E-state index in [1.807, 2.05) is 4.90 Å². The summed E-state index contributed by atoms with van der Waals surface area (Å²) in [5.41, 5.74) is -0.131. The third kappa shape index (κ3) is 6.68. The molecule has 0 saturated carbocycles. The van der Waals surface area contributed by atoms with Crippen LogP contribution in [0.1, 0.15) is 38.2 Å². The predicted molar refractivity (Wildman–Crippen MR) is 180 cm³/mol. The third-order valence-electron chi connectivity index (χ3n) is 10.2. The number of fused-ring (bicyclic) bond motifs is 3. The Morgan fingerprint density at radius 1 is 1.08 bits per heavy atom. The van der Waals surface area contributed by atoms with Crippen molar-refractivity contribution in [2.24, 2.45) is 0 Å². The molecule has 10 nitrogen and oxygen atoms in total. The van der Waals surface area contributed by atoms with Crippen LogP contribution >= 0.6 is 0 Å². The summed E-state index contributed by atoms with van der Waals surface area (Å²) in [6, 6.07) is 7.71. The van der Waals surface area contributed by atoms with Gasteiger partial charge < -0.3 is 29.5 Å². The van der Waals surface area contributed by atoms with Gasteiger partial charge in [-0.05, 0) is 72.0 Å². The lowest BCUT2D eigenvalue weighted by Crippen LogP contribution is -2.55. The Labute approximate surface area is 290 Å². The van der Waals surface area contributed by atoms with Crippen molar-refractivity contribution in [1.29, 1.82) is 0 Å². The molecule has 272 valence electrons. The van der Waals surface area contributed by atoms with E-state index in [2.05, 4.69) is 15.3 Å². The van der Waals surface area contributed by atoms with Crippen LogP contribution in [0.2, 0.25) is 0 Å².